The Bertz CT molecular complexity index is 10200. The average molecular weight is 1920 g/mol. The summed E-state index contributed by atoms with van der Waals surface area (Å²) in [5, 5.41) is 14.0. The SMILES string of the molecule is c1ccc(-c2ccc(-c3nc(-c4ccc(-c5ccccc5)cc4)nc(-n4c5ccccc5c5ccc6c7ccccc7n(-c7ccccc7)c6c54)n3)cc2)cc1.c1ccc(-c2cccc(-n3c4ccccc4c4ccc5c6ccccc6n(-c6nc(-c7ccccc7)nc(-c7ccccc7)n6)c5c43)c2)cc1.c1ccc(-c2nc(-c3ccccc3)nc(-n3c4ccccc4c4ccc5c6ccccc6n(-c6ccccc6)c5c43)n2)cc1. The van der Waals surface area contributed by atoms with Crippen LogP contribution in [0, 0.1) is 0 Å². The van der Waals surface area contributed by atoms with Crippen LogP contribution in [-0.2, 0) is 0 Å². The van der Waals surface area contributed by atoms with E-state index in [4.69, 9.17) is 44.9 Å². The number of fused-ring (bicyclic) bond motifs is 21. The fourth-order valence-electron chi connectivity index (χ4n) is 21.9. The first kappa shape index (κ1) is 87.3. The molecule has 0 aliphatic rings. The van der Waals surface area contributed by atoms with Crippen molar-refractivity contribution < 1.29 is 0 Å². The highest BCUT2D eigenvalue weighted by Crippen LogP contribution is 2.48. The van der Waals surface area contributed by atoms with Gasteiger partial charge < -0.3 is 13.7 Å². The first-order chi connectivity index (χ1) is 74.4. The lowest BCUT2D eigenvalue weighted by Crippen LogP contribution is -2.07. The van der Waals surface area contributed by atoms with E-state index in [2.05, 4.69) is 446 Å². The smallest absolute Gasteiger partial charge is 0.238 e. The quantitative estimate of drug-likeness (QED) is 0.0979. The predicted molar refractivity (Wildman–Crippen MR) is 614 cm³/mol. The normalized spacial score (nSPS) is 11.6. The number of para-hydroxylation sites is 8. The van der Waals surface area contributed by atoms with Crippen LogP contribution in [0.25, 0.3) is 267 Å². The third-order valence-electron chi connectivity index (χ3n) is 28.7. The van der Waals surface area contributed by atoms with E-state index < -0.39 is 0 Å². The molecule has 21 aromatic carbocycles. The molecule has 30 rings (SSSR count). The van der Waals surface area contributed by atoms with Crippen LogP contribution in [0.15, 0.2) is 528 Å². The molecule has 0 spiro atoms. The zero-order valence-electron chi connectivity index (χ0n) is 80.9. The molecule has 0 aliphatic carbocycles. The van der Waals surface area contributed by atoms with Crippen molar-refractivity contribution in [2.45, 2.75) is 0 Å². The lowest BCUT2D eigenvalue weighted by atomic mass is 10.0. The molecule has 0 atom stereocenters. The molecule has 0 fully saturated rings. The van der Waals surface area contributed by atoms with Crippen molar-refractivity contribution in [3.05, 3.63) is 528 Å². The van der Waals surface area contributed by atoms with Gasteiger partial charge in [0.05, 0.1) is 66.2 Å². The Morgan fingerprint density at radius 2 is 0.273 bits per heavy atom. The Labute approximate surface area is 861 Å². The van der Waals surface area contributed by atoms with Crippen LogP contribution in [0.3, 0.4) is 0 Å². The fourth-order valence-corrected chi connectivity index (χ4v) is 21.9. The Hall–Kier alpha value is -20.6. The fraction of sp³-hybridized carbons (Fsp3) is 0. The van der Waals surface area contributed by atoms with E-state index in [-0.39, 0.29) is 0 Å². The minimum Gasteiger partial charge on any atom is -0.307 e. The molecule has 30 aromatic rings. The van der Waals surface area contributed by atoms with Gasteiger partial charge in [-0.3, -0.25) is 13.7 Å². The zero-order chi connectivity index (χ0) is 99.1. The van der Waals surface area contributed by atoms with Gasteiger partial charge in [0.25, 0.3) is 0 Å². The third kappa shape index (κ3) is 15.2. The standard InChI is InChI=1S/C51H33N5.C45H29N5.C39H25N5/c1-4-14-34(15-5-1)36-24-28-38(29-25-36)49-52-50(39-30-26-37(27-31-39)35-16-6-2-7-17-35)54-51(53-49)56-46-23-13-11-21-42(46)44-33-32-43-41-20-10-12-22-45(41)55(47(43)48(44)56)40-18-8-3-9-19-40;1-4-15-30(16-5-1)33-21-14-22-34(29-33)49-39-25-12-10-23-35(39)37-27-28-38-36-24-11-13-26-40(36)50(42(38)41(37)49)45-47-43(31-17-6-2-7-18-31)46-44(48-45)32-19-8-3-9-20-32;1-4-14-26(15-5-1)37-40-38(27-16-6-2-7-17-27)42-39(41-37)44-34-23-13-11-21-30(34)32-25-24-31-29-20-10-12-22-33(29)43(35(31)36(32)44)28-18-8-3-9-19-28/h1-33H;1-29H;1-25H. The van der Waals surface area contributed by atoms with Gasteiger partial charge in [0.2, 0.25) is 17.8 Å². The topological polar surface area (TPSA) is 146 Å². The minimum atomic E-state index is 0.563. The summed E-state index contributed by atoms with van der Waals surface area (Å²) < 4.78 is 13.9. The van der Waals surface area contributed by atoms with Gasteiger partial charge in [0.15, 0.2) is 34.9 Å². The zero-order valence-corrected chi connectivity index (χ0v) is 80.9. The Kier molecular flexibility index (Phi) is 21.5. The van der Waals surface area contributed by atoms with Crippen molar-refractivity contribution in [3.8, 4) is 137 Å². The number of nitrogens with zero attached hydrogens (tertiary/aromatic N) is 15. The number of rotatable bonds is 15. The van der Waals surface area contributed by atoms with E-state index in [1.165, 1.54) is 43.4 Å². The molecule has 9 aromatic heterocycles. The molecular formula is C135H87N15. The van der Waals surface area contributed by atoms with Crippen LogP contribution in [0.4, 0.5) is 0 Å². The van der Waals surface area contributed by atoms with Crippen molar-refractivity contribution in [3.63, 3.8) is 0 Å². The van der Waals surface area contributed by atoms with E-state index in [9.17, 15) is 0 Å². The van der Waals surface area contributed by atoms with Gasteiger partial charge in [0.1, 0.15) is 0 Å². The molecule has 0 bridgehead atoms. The van der Waals surface area contributed by atoms with Gasteiger partial charge in [-0.2, -0.15) is 29.9 Å². The van der Waals surface area contributed by atoms with Crippen LogP contribution in [0.1, 0.15) is 0 Å². The van der Waals surface area contributed by atoms with Crippen molar-refractivity contribution >= 4 is 131 Å². The van der Waals surface area contributed by atoms with Crippen LogP contribution >= 0.6 is 0 Å². The molecule has 0 unspecified atom stereocenters. The van der Waals surface area contributed by atoms with E-state index in [0.717, 1.165) is 171 Å². The molecule has 0 amide bonds. The van der Waals surface area contributed by atoms with E-state index in [1.54, 1.807) is 0 Å². The molecule has 15 heteroatoms. The summed E-state index contributed by atoms with van der Waals surface area (Å²) in [7, 11) is 0. The highest BCUT2D eigenvalue weighted by atomic mass is 15.2. The number of hydrogen-bond donors (Lipinski definition) is 0. The summed E-state index contributed by atoms with van der Waals surface area (Å²) in [6.07, 6.45) is 0. The van der Waals surface area contributed by atoms with E-state index >= 15 is 0 Å². The van der Waals surface area contributed by atoms with Gasteiger partial charge in [-0.15, -0.1) is 0 Å². The van der Waals surface area contributed by atoms with Crippen molar-refractivity contribution in [1.29, 1.82) is 0 Å². The van der Waals surface area contributed by atoms with Gasteiger partial charge in [-0.1, -0.05) is 455 Å². The molecular weight excluding hydrogens is 1830 g/mol. The molecule has 702 valence electrons. The van der Waals surface area contributed by atoms with Crippen LogP contribution in [0.2, 0.25) is 0 Å². The Morgan fingerprint density at radius 1 is 0.107 bits per heavy atom. The number of benzene rings is 21. The van der Waals surface area contributed by atoms with E-state index in [1.807, 2.05) is 109 Å². The van der Waals surface area contributed by atoms with Crippen molar-refractivity contribution in [1.82, 2.24) is 72.3 Å². The molecule has 9 heterocycles. The largest absolute Gasteiger partial charge is 0.307 e. The molecule has 0 N–H and O–H groups in total. The predicted octanol–water partition coefficient (Wildman–Crippen LogP) is 33.2. The second-order valence-electron chi connectivity index (χ2n) is 37.5. The maximum atomic E-state index is 5.33. The van der Waals surface area contributed by atoms with E-state index in [0.29, 0.717) is 52.8 Å². The van der Waals surface area contributed by atoms with Crippen molar-refractivity contribution in [2.75, 3.05) is 0 Å². The average Bonchev–Trinajstić information content (AvgIpc) is 1.55. The molecule has 150 heavy (non-hydrogen) atoms. The number of hydrogen-bond acceptors (Lipinski definition) is 9. The lowest BCUT2D eigenvalue weighted by molar-refractivity contribution is 0.953. The maximum Gasteiger partial charge on any atom is 0.238 e. The van der Waals surface area contributed by atoms with Crippen LogP contribution in [-0.4, -0.2) is 72.3 Å². The second-order valence-corrected chi connectivity index (χ2v) is 37.5. The first-order valence-electron chi connectivity index (χ1n) is 50.4. The van der Waals surface area contributed by atoms with Crippen LogP contribution in [0.5, 0.6) is 0 Å². The maximum absolute atomic E-state index is 5.33. The summed E-state index contributed by atoms with van der Waals surface area (Å²) in [4.78, 5) is 46.6. The van der Waals surface area contributed by atoms with Gasteiger partial charge >= 0.3 is 0 Å². The number of aromatic nitrogens is 15. The lowest BCUT2D eigenvalue weighted by Gasteiger charge is -2.14. The highest BCUT2D eigenvalue weighted by Gasteiger charge is 2.30. The molecule has 15 nitrogen and oxygen atoms in total. The molecule has 0 radical (unpaired) electrons. The monoisotopic (exact) mass is 1920 g/mol. The minimum absolute atomic E-state index is 0.563. The summed E-state index contributed by atoms with van der Waals surface area (Å²) in [6.45, 7) is 0. The second kappa shape index (κ2) is 37.0. The van der Waals surface area contributed by atoms with Crippen LogP contribution < -0.4 is 0 Å². The van der Waals surface area contributed by atoms with Gasteiger partial charge in [-0.25, -0.2) is 15.0 Å². The first-order valence-corrected chi connectivity index (χ1v) is 50.4. The third-order valence-corrected chi connectivity index (χ3v) is 28.7. The van der Waals surface area contributed by atoms with Gasteiger partial charge in [0, 0.05) is 115 Å². The summed E-state index contributed by atoms with van der Waals surface area (Å²) in [6, 6.07) is 184. The highest BCUT2D eigenvalue weighted by molar-refractivity contribution is 6.27. The molecule has 0 aliphatic heterocycles. The van der Waals surface area contributed by atoms with Gasteiger partial charge in [-0.05, 0) is 106 Å². The van der Waals surface area contributed by atoms with Crippen molar-refractivity contribution in [2.24, 2.45) is 0 Å². The molecule has 0 saturated carbocycles. The summed E-state index contributed by atoms with van der Waals surface area (Å²) in [5.41, 5.74) is 28.9. The Balaban J connectivity index is 0.000000109. The summed E-state index contributed by atoms with van der Waals surface area (Å²) >= 11 is 0. The summed E-state index contributed by atoms with van der Waals surface area (Å²) in [5.74, 6) is 5.47. The molecule has 0 saturated heterocycles. The Morgan fingerprint density at radius 3 is 0.527 bits per heavy atom.